The van der Waals surface area contributed by atoms with Gasteiger partial charge in [-0.3, -0.25) is 4.79 Å². The van der Waals surface area contributed by atoms with Gasteiger partial charge in [-0.2, -0.15) is 0 Å². The van der Waals surface area contributed by atoms with Gasteiger partial charge in [0.05, 0.1) is 0 Å². The summed E-state index contributed by atoms with van der Waals surface area (Å²) in [6.45, 7) is 3.54. The van der Waals surface area contributed by atoms with Crippen LogP contribution in [0.25, 0.3) is 0 Å². The summed E-state index contributed by atoms with van der Waals surface area (Å²) in [5.74, 6) is -2.31. The number of nitrogens with zero attached hydrogens (tertiary/aromatic N) is 2. The van der Waals surface area contributed by atoms with Crippen LogP contribution < -0.4 is 10.6 Å². The van der Waals surface area contributed by atoms with Crippen LogP contribution in [0.4, 0.5) is 26.1 Å². The molecule has 138 valence electrons. The predicted octanol–water partition coefficient (Wildman–Crippen LogP) is 5.02. The second-order valence-electron chi connectivity index (χ2n) is 5.85. The third-order valence-electron chi connectivity index (χ3n) is 3.72. The van der Waals surface area contributed by atoms with Crippen LogP contribution in [0.1, 0.15) is 21.7 Å². The summed E-state index contributed by atoms with van der Waals surface area (Å²) >= 11 is 5.94. The summed E-state index contributed by atoms with van der Waals surface area (Å²) in [5.41, 5.74) is 1.54. The lowest BCUT2D eigenvalue weighted by Gasteiger charge is -2.11. The van der Waals surface area contributed by atoms with Crippen LogP contribution in [-0.4, -0.2) is 15.9 Å². The quantitative estimate of drug-likeness (QED) is 0.658. The van der Waals surface area contributed by atoms with Crippen molar-refractivity contribution in [2.24, 2.45) is 0 Å². The van der Waals surface area contributed by atoms with Gasteiger partial charge in [-0.15, -0.1) is 0 Å². The molecule has 8 heteroatoms. The molecule has 0 saturated carbocycles. The first-order chi connectivity index (χ1) is 12.8. The molecule has 0 aliphatic carbocycles. The highest BCUT2D eigenvalue weighted by Gasteiger charge is 2.16. The van der Waals surface area contributed by atoms with Crippen molar-refractivity contribution in [1.82, 2.24) is 9.97 Å². The molecule has 0 aliphatic heterocycles. The van der Waals surface area contributed by atoms with E-state index in [9.17, 15) is 13.6 Å². The maximum Gasteiger partial charge on any atom is 0.274 e. The van der Waals surface area contributed by atoms with Gasteiger partial charge in [0.1, 0.15) is 23.0 Å². The maximum atomic E-state index is 13.7. The summed E-state index contributed by atoms with van der Waals surface area (Å²) in [6.07, 6.45) is 0. The van der Waals surface area contributed by atoms with Crippen molar-refractivity contribution in [1.29, 1.82) is 0 Å². The van der Waals surface area contributed by atoms with Crippen LogP contribution >= 0.6 is 11.6 Å². The minimum atomic E-state index is -0.871. The lowest BCUT2D eigenvalue weighted by atomic mass is 10.2. The zero-order valence-corrected chi connectivity index (χ0v) is 15.2. The van der Waals surface area contributed by atoms with Crippen LogP contribution in [0.5, 0.6) is 0 Å². The SMILES string of the molecule is Cc1cc(C(=O)Nc2c(F)cccc2F)nc(Nc2ccc(Cl)cc2C)n1. The Morgan fingerprint density at radius 3 is 2.41 bits per heavy atom. The van der Waals surface area contributed by atoms with Gasteiger partial charge in [-0.05, 0) is 55.8 Å². The number of rotatable bonds is 4. The van der Waals surface area contributed by atoms with Gasteiger partial charge in [0.2, 0.25) is 5.95 Å². The highest BCUT2D eigenvalue weighted by molar-refractivity contribution is 6.30. The molecule has 3 aromatic rings. The van der Waals surface area contributed by atoms with Gasteiger partial charge in [-0.25, -0.2) is 18.7 Å². The molecule has 2 aromatic carbocycles. The van der Waals surface area contributed by atoms with Crippen molar-refractivity contribution in [3.05, 3.63) is 76.1 Å². The summed E-state index contributed by atoms with van der Waals surface area (Å²) in [6, 6.07) is 9.99. The highest BCUT2D eigenvalue weighted by atomic mass is 35.5. The summed E-state index contributed by atoms with van der Waals surface area (Å²) in [5, 5.41) is 5.81. The fourth-order valence-electron chi connectivity index (χ4n) is 2.42. The number of benzene rings is 2. The molecule has 1 aromatic heterocycles. The molecule has 0 unspecified atom stereocenters. The molecule has 0 saturated heterocycles. The van der Waals surface area contributed by atoms with Crippen LogP contribution in [-0.2, 0) is 0 Å². The summed E-state index contributed by atoms with van der Waals surface area (Å²) in [7, 11) is 0. The average molecular weight is 389 g/mol. The van der Waals surface area contributed by atoms with Crippen LogP contribution in [0.15, 0.2) is 42.5 Å². The molecule has 0 bridgehead atoms. The molecule has 27 heavy (non-hydrogen) atoms. The van der Waals surface area contributed by atoms with E-state index >= 15 is 0 Å². The molecule has 1 amide bonds. The zero-order valence-electron chi connectivity index (χ0n) is 14.5. The van der Waals surface area contributed by atoms with E-state index < -0.39 is 23.2 Å². The third-order valence-corrected chi connectivity index (χ3v) is 3.96. The average Bonchev–Trinajstić information content (AvgIpc) is 2.60. The first-order valence-corrected chi connectivity index (χ1v) is 8.35. The zero-order chi connectivity index (χ0) is 19.6. The third kappa shape index (κ3) is 4.38. The fraction of sp³-hybridized carbons (Fsp3) is 0.105. The Kier molecular flexibility index (Phi) is 5.32. The lowest BCUT2D eigenvalue weighted by Crippen LogP contribution is -2.17. The number of halogens is 3. The monoisotopic (exact) mass is 388 g/mol. The number of carbonyl (C=O) groups is 1. The Balaban J connectivity index is 1.87. The smallest absolute Gasteiger partial charge is 0.274 e. The van der Waals surface area contributed by atoms with E-state index in [0.717, 1.165) is 23.4 Å². The van der Waals surface area contributed by atoms with E-state index in [4.69, 9.17) is 11.6 Å². The van der Waals surface area contributed by atoms with Crippen LogP contribution in [0, 0.1) is 25.5 Å². The largest absolute Gasteiger partial charge is 0.324 e. The minimum Gasteiger partial charge on any atom is -0.324 e. The Bertz CT molecular complexity index is 1010. The molecule has 0 aliphatic rings. The van der Waals surface area contributed by atoms with E-state index in [1.807, 2.05) is 6.92 Å². The fourth-order valence-corrected chi connectivity index (χ4v) is 2.65. The first-order valence-electron chi connectivity index (χ1n) is 7.97. The first kappa shape index (κ1) is 18.7. The number of carbonyl (C=O) groups excluding carboxylic acids is 1. The standard InChI is InChI=1S/C19H15ClF2N4O/c1-10-8-12(20)6-7-15(10)24-19-23-11(2)9-16(25-19)18(27)26-17-13(21)4-3-5-14(17)22/h3-9H,1-2H3,(H,26,27)(H,23,24,25). The molecule has 0 spiro atoms. The Labute approximate surface area is 159 Å². The predicted molar refractivity (Wildman–Crippen MR) is 101 cm³/mol. The van der Waals surface area contributed by atoms with Crippen molar-refractivity contribution in [3.63, 3.8) is 0 Å². The second kappa shape index (κ2) is 7.67. The number of hydrogen-bond donors (Lipinski definition) is 2. The number of para-hydroxylation sites is 1. The lowest BCUT2D eigenvalue weighted by molar-refractivity contribution is 0.102. The van der Waals surface area contributed by atoms with Gasteiger partial charge in [0.15, 0.2) is 0 Å². The Morgan fingerprint density at radius 1 is 1.04 bits per heavy atom. The number of amides is 1. The summed E-state index contributed by atoms with van der Waals surface area (Å²) < 4.78 is 27.5. The van der Waals surface area contributed by atoms with E-state index in [1.54, 1.807) is 25.1 Å². The Hall–Kier alpha value is -3.06. The van der Waals surface area contributed by atoms with E-state index in [0.29, 0.717) is 10.7 Å². The Morgan fingerprint density at radius 2 is 1.74 bits per heavy atom. The van der Waals surface area contributed by atoms with Gasteiger partial charge in [-0.1, -0.05) is 17.7 Å². The van der Waals surface area contributed by atoms with Gasteiger partial charge in [0.25, 0.3) is 5.91 Å². The van der Waals surface area contributed by atoms with Crippen LogP contribution in [0.3, 0.4) is 0 Å². The van der Waals surface area contributed by atoms with Crippen molar-refractivity contribution >= 4 is 34.8 Å². The minimum absolute atomic E-state index is 0.0285. The van der Waals surface area contributed by atoms with Gasteiger partial charge < -0.3 is 10.6 Å². The molecular formula is C19H15ClF2N4O. The summed E-state index contributed by atoms with van der Waals surface area (Å²) in [4.78, 5) is 20.8. The maximum absolute atomic E-state index is 13.7. The van der Waals surface area contributed by atoms with Gasteiger partial charge >= 0.3 is 0 Å². The number of aryl methyl sites for hydroxylation is 2. The topological polar surface area (TPSA) is 66.9 Å². The van der Waals surface area contributed by atoms with Crippen molar-refractivity contribution in [2.75, 3.05) is 10.6 Å². The van der Waals surface area contributed by atoms with E-state index in [1.165, 1.54) is 12.1 Å². The molecule has 0 atom stereocenters. The molecule has 5 nitrogen and oxygen atoms in total. The van der Waals surface area contributed by atoms with E-state index in [-0.39, 0.29) is 11.6 Å². The number of nitrogens with one attached hydrogen (secondary N) is 2. The molecular weight excluding hydrogens is 374 g/mol. The second-order valence-corrected chi connectivity index (χ2v) is 6.29. The van der Waals surface area contributed by atoms with Crippen molar-refractivity contribution in [3.8, 4) is 0 Å². The molecule has 0 radical (unpaired) electrons. The molecule has 2 N–H and O–H groups in total. The molecule has 1 heterocycles. The van der Waals surface area contributed by atoms with Crippen molar-refractivity contribution in [2.45, 2.75) is 13.8 Å². The number of hydrogen-bond acceptors (Lipinski definition) is 4. The molecule has 3 rings (SSSR count). The van der Waals surface area contributed by atoms with Gasteiger partial charge in [0, 0.05) is 16.4 Å². The van der Waals surface area contributed by atoms with E-state index in [2.05, 4.69) is 20.6 Å². The number of anilines is 3. The molecule has 0 fully saturated rings. The highest BCUT2D eigenvalue weighted by Crippen LogP contribution is 2.23. The normalized spacial score (nSPS) is 10.6. The van der Waals surface area contributed by atoms with Crippen LogP contribution in [0.2, 0.25) is 5.02 Å². The number of aromatic nitrogens is 2. The van der Waals surface area contributed by atoms with Crippen molar-refractivity contribution < 1.29 is 13.6 Å².